The van der Waals surface area contributed by atoms with E-state index >= 15 is 0 Å². The summed E-state index contributed by atoms with van der Waals surface area (Å²) in [6.45, 7) is 6.15. The molecule has 1 aliphatic heterocycles. The molecular formula is C21H23FN6O2S. The van der Waals surface area contributed by atoms with E-state index in [-0.39, 0.29) is 41.4 Å². The first-order chi connectivity index (χ1) is 14.7. The second kappa shape index (κ2) is 8.18. The van der Waals surface area contributed by atoms with Crippen LogP contribution >= 0.6 is 11.3 Å². The summed E-state index contributed by atoms with van der Waals surface area (Å²) in [5, 5.41) is 3.93. The van der Waals surface area contributed by atoms with Crippen LogP contribution in [-0.2, 0) is 4.79 Å². The van der Waals surface area contributed by atoms with Gasteiger partial charge in [-0.05, 0) is 31.5 Å². The SMILES string of the molecule is CC(=O)N(C)C1CN(C(=O)c2nc(NC(C)c3cccc(F)c3)nc3nc(C)sc23)C1. The van der Waals surface area contributed by atoms with Crippen LogP contribution in [0.2, 0.25) is 0 Å². The zero-order valence-corrected chi connectivity index (χ0v) is 18.5. The van der Waals surface area contributed by atoms with Crippen molar-refractivity contribution >= 4 is 39.4 Å². The number of aromatic nitrogens is 3. The number of rotatable bonds is 5. The number of hydrogen-bond donors (Lipinski definition) is 1. The van der Waals surface area contributed by atoms with Gasteiger partial charge in [0, 0.05) is 27.1 Å². The third-order valence-corrected chi connectivity index (χ3v) is 6.42. The van der Waals surface area contributed by atoms with Crippen LogP contribution < -0.4 is 5.32 Å². The number of likely N-dealkylation sites (N-methyl/N-ethyl adjacent to an activating group) is 1. The molecule has 1 unspecified atom stereocenters. The van der Waals surface area contributed by atoms with Gasteiger partial charge in [0.15, 0.2) is 11.3 Å². The van der Waals surface area contributed by atoms with E-state index in [4.69, 9.17) is 0 Å². The Balaban J connectivity index is 1.60. The van der Waals surface area contributed by atoms with Crippen LogP contribution in [0.5, 0.6) is 0 Å². The molecule has 3 heterocycles. The number of hydrogen-bond acceptors (Lipinski definition) is 7. The Morgan fingerprint density at radius 2 is 2.03 bits per heavy atom. The molecule has 8 nitrogen and oxygen atoms in total. The fourth-order valence-electron chi connectivity index (χ4n) is 3.46. The van der Waals surface area contributed by atoms with Crippen LogP contribution in [0.3, 0.4) is 0 Å². The van der Waals surface area contributed by atoms with Gasteiger partial charge in [0.1, 0.15) is 10.5 Å². The van der Waals surface area contributed by atoms with E-state index in [0.717, 1.165) is 10.6 Å². The average molecular weight is 443 g/mol. The number of carbonyl (C=O) groups excluding carboxylic acids is 2. The number of aryl methyl sites for hydroxylation is 1. The maximum absolute atomic E-state index is 13.6. The van der Waals surface area contributed by atoms with Crippen molar-refractivity contribution in [1.29, 1.82) is 0 Å². The molecule has 1 saturated heterocycles. The Morgan fingerprint density at radius 3 is 2.71 bits per heavy atom. The second-order valence-electron chi connectivity index (χ2n) is 7.70. The van der Waals surface area contributed by atoms with E-state index < -0.39 is 0 Å². The van der Waals surface area contributed by atoms with E-state index in [1.807, 2.05) is 19.9 Å². The third-order valence-electron chi connectivity index (χ3n) is 5.45. The van der Waals surface area contributed by atoms with Gasteiger partial charge in [-0.1, -0.05) is 12.1 Å². The topological polar surface area (TPSA) is 91.3 Å². The number of thiazole rings is 1. The van der Waals surface area contributed by atoms with Gasteiger partial charge >= 0.3 is 0 Å². The van der Waals surface area contributed by atoms with Crippen molar-refractivity contribution in [2.24, 2.45) is 0 Å². The molecule has 2 amide bonds. The van der Waals surface area contributed by atoms with Crippen LogP contribution in [-0.4, -0.2) is 62.7 Å². The minimum Gasteiger partial charge on any atom is -0.348 e. The smallest absolute Gasteiger partial charge is 0.274 e. The summed E-state index contributed by atoms with van der Waals surface area (Å²) < 4.78 is 14.2. The molecule has 0 bridgehead atoms. The van der Waals surface area contributed by atoms with E-state index in [0.29, 0.717) is 23.4 Å². The molecule has 1 aromatic carbocycles. The molecule has 1 fully saturated rings. The molecule has 0 aliphatic carbocycles. The van der Waals surface area contributed by atoms with Crippen molar-refractivity contribution < 1.29 is 14.0 Å². The highest BCUT2D eigenvalue weighted by Gasteiger charge is 2.36. The van der Waals surface area contributed by atoms with E-state index in [1.165, 1.54) is 30.4 Å². The van der Waals surface area contributed by atoms with Gasteiger partial charge in [-0.3, -0.25) is 9.59 Å². The first kappa shape index (κ1) is 21.1. The van der Waals surface area contributed by atoms with Gasteiger partial charge in [-0.15, -0.1) is 11.3 Å². The molecule has 3 aromatic rings. The Kier molecular flexibility index (Phi) is 5.57. The maximum atomic E-state index is 13.6. The third kappa shape index (κ3) is 4.20. The Bertz CT molecular complexity index is 1160. The zero-order valence-electron chi connectivity index (χ0n) is 17.7. The molecule has 0 spiro atoms. The molecule has 1 atom stereocenters. The first-order valence-electron chi connectivity index (χ1n) is 9.92. The standard InChI is InChI=1S/C21H23FN6O2S/c1-11(14-6-5-7-15(22)8-14)23-21-25-17(18-19(26-21)24-12(2)31-18)20(30)28-9-16(10-28)27(4)13(3)29/h5-8,11,16H,9-10H2,1-4H3,(H,23,25,26). The molecule has 0 saturated carbocycles. The summed E-state index contributed by atoms with van der Waals surface area (Å²) in [6.07, 6.45) is 0. The van der Waals surface area contributed by atoms with Crippen molar-refractivity contribution in [3.63, 3.8) is 0 Å². The summed E-state index contributed by atoms with van der Waals surface area (Å²) in [5.41, 5.74) is 1.48. The lowest BCUT2D eigenvalue weighted by molar-refractivity contribution is -0.132. The maximum Gasteiger partial charge on any atom is 0.274 e. The molecule has 1 N–H and O–H groups in total. The van der Waals surface area contributed by atoms with Crippen molar-refractivity contribution in [2.45, 2.75) is 32.9 Å². The number of nitrogens with one attached hydrogen (secondary N) is 1. The predicted molar refractivity (Wildman–Crippen MR) is 117 cm³/mol. The minimum absolute atomic E-state index is 0.00701. The molecule has 31 heavy (non-hydrogen) atoms. The lowest BCUT2D eigenvalue weighted by Crippen LogP contribution is -2.61. The monoisotopic (exact) mass is 442 g/mol. The molecule has 2 aromatic heterocycles. The Morgan fingerprint density at radius 1 is 1.29 bits per heavy atom. The highest BCUT2D eigenvalue weighted by Crippen LogP contribution is 2.28. The number of carbonyl (C=O) groups is 2. The summed E-state index contributed by atoms with van der Waals surface area (Å²) in [7, 11) is 1.74. The second-order valence-corrected chi connectivity index (χ2v) is 8.90. The molecule has 0 radical (unpaired) electrons. The molecule has 162 valence electrons. The normalized spacial score (nSPS) is 14.9. The van der Waals surface area contributed by atoms with Crippen LogP contribution in [0.4, 0.5) is 10.3 Å². The number of anilines is 1. The first-order valence-corrected chi connectivity index (χ1v) is 10.7. The van der Waals surface area contributed by atoms with Crippen molar-refractivity contribution in [1.82, 2.24) is 24.8 Å². The van der Waals surface area contributed by atoms with Crippen molar-refractivity contribution in [3.8, 4) is 0 Å². The number of amides is 2. The number of halogens is 1. The van der Waals surface area contributed by atoms with Gasteiger partial charge in [0.05, 0.1) is 17.1 Å². The minimum atomic E-state index is -0.323. The van der Waals surface area contributed by atoms with Gasteiger partial charge in [0.25, 0.3) is 5.91 Å². The van der Waals surface area contributed by atoms with Gasteiger partial charge in [-0.25, -0.2) is 14.4 Å². The fourth-order valence-corrected chi connectivity index (χ4v) is 4.30. The molecule has 4 rings (SSSR count). The predicted octanol–water partition coefficient (Wildman–Crippen LogP) is 3.01. The average Bonchev–Trinajstić information content (AvgIpc) is 3.05. The molecular weight excluding hydrogens is 419 g/mol. The largest absolute Gasteiger partial charge is 0.348 e. The van der Waals surface area contributed by atoms with Crippen LogP contribution in [0.1, 0.15) is 40.9 Å². The highest BCUT2D eigenvalue weighted by molar-refractivity contribution is 7.18. The van der Waals surface area contributed by atoms with E-state index in [9.17, 15) is 14.0 Å². The highest BCUT2D eigenvalue weighted by atomic mass is 32.1. The van der Waals surface area contributed by atoms with Crippen molar-refractivity contribution in [3.05, 3.63) is 46.3 Å². The fraction of sp³-hybridized carbons (Fsp3) is 0.381. The van der Waals surface area contributed by atoms with Gasteiger partial charge in [-0.2, -0.15) is 4.98 Å². The zero-order chi connectivity index (χ0) is 22.3. The van der Waals surface area contributed by atoms with Crippen LogP contribution in [0.25, 0.3) is 10.3 Å². The number of nitrogens with zero attached hydrogens (tertiary/aromatic N) is 5. The molecule has 1 aliphatic rings. The number of fused-ring (bicyclic) bond motifs is 1. The van der Waals surface area contributed by atoms with Crippen molar-refractivity contribution in [2.75, 3.05) is 25.5 Å². The van der Waals surface area contributed by atoms with Gasteiger partial charge in [0.2, 0.25) is 11.9 Å². The van der Waals surface area contributed by atoms with Crippen LogP contribution in [0.15, 0.2) is 24.3 Å². The Hall–Kier alpha value is -3.14. The number of benzene rings is 1. The quantitative estimate of drug-likeness (QED) is 0.653. The van der Waals surface area contributed by atoms with Gasteiger partial charge < -0.3 is 15.1 Å². The lowest BCUT2D eigenvalue weighted by Gasteiger charge is -2.43. The van der Waals surface area contributed by atoms with E-state index in [2.05, 4.69) is 20.3 Å². The Labute approximate surface area is 183 Å². The molecule has 10 heteroatoms. The summed E-state index contributed by atoms with van der Waals surface area (Å²) in [5.74, 6) is -0.310. The summed E-state index contributed by atoms with van der Waals surface area (Å²) in [4.78, 5) is 41.4. The summed E-state index contributed by atoms with van der Waals surface area (Å²) in [6, 6.07) is 6.02. The van der Waals surface area contributed by atoms with Crippen LogP contribution in [0, 0.1) is 12.7 Å². The van der Waals surface area contributed by atoms with E-state index in [1.54, 1.807) is 22.9 Å². The number of likely N-dealkylation sites (tertiary alicyclic amines) is 1. The lowest BCUT2D eigenvalue weighted by atomic mass is 10.1. The summed E-state index contributed by atoms with van der Waals surface area (Å²) >= 11 is 1.37.